The fourth-order valence-electron chi connectivity index (χ4n) is 4.82. The maximum atomic E-state index is 13.8. The van der Waals surface area contributed by atoms with E-state index in [2.05, 4.69) is 10.5 Å². The summed E-state index contributed by atoms with van der Waals surface area (Å²) < 4.78 is 17.0. The molecule has 1 aromatic heterocycles. The number of furan rings is 1. The number of methoxy groups -OCH3 is 1. The molecule has 6 rings (SSSR count). The Bertz CT molecular complexity index is 1510. The summed E-state index contributed by atoms with van der Waals surface area (Å²) >= 11 is 0. The molecule has 2 atom stereocenters. The predicted molar refractivity (Wildman–Crippen MR) is 135 cm³/mol. The van der Waals surface area contributed by atoms with E-state index >= 15 is 0 Å². The van der Waals surface area contributed by atoms with Gasteiger partial charge in [0.15, 0.2) is 17.3 Å². The first-order valence-electron chi connectivity index (χ1n) is 11.7. The number of oxime groups is 1. The highest BCUT2D eigenvalue weighted by Gasteiger charge is 2.63. The van der Waals surface area contributed by atoms with Crippen LogP contribution in [0.15, 0.2) is 101 Å². The highest BCUT2D eigenvalue weighted by atomic mass is 16.7. The minimum Gasteiger partial charge on any atom is -0.493 e. The zero-order valence-corrected chi connectivity index (χ0v) is 19.8. The van der Waals surface area contributed by atoms with Gasteiger partial charge in [0.2, 0.25) is 5.78 Å². The van der Waals surface area contributed by atoms with E-state index in [1.54, 1.807) is 54.6 Å². The Kier molecular flexibility index (Phi) is 5.49. The first-order chi connectivity index (χ1) is 18.1. The molecule has 1 amide bonds. The molecule has 1 N–H and O–H groups in total. The van der Waals surface area contributed by atoms with Crippen molar-refractivity contribution in [3.05, 3.63) is 114 Å². The van der Waals surface area contributed by atoms with E-state index in [0.29, 0.717) is 40.6 Å². The van der Waals surface area contributed by atoms with Gasteiger partial charge in [0.05, 0.1) is 13.4 Å². The average molecular weight is 495 g/mol. The molecule has 0 aliphatic carbocycles. The van der Waals surface area contributed by atoms with E-state index < -0.39 is 23.2 Å². The van der Waals surface area contributed by atoms with Gasteiger partial charge in [0, 0.05) is 16.8 Å². The third kappa shape index (κ3) is 3.65. The van der Waals surface area contributed by atoms with Gasteiger partial charge in [-0.15, -0.1) is 0 Å². The van der Waals surface area contributed by atoms with E-state index in [-0.39, 0.29) is 5.76 Å². The third-order valence-corrected chi connectivity index (χ3v) is 6.60. The van der Waals surface area contributed by atoms with Crippen LogP contribution in [-0.2, 0) is 21.8 Å². The lowest BCUT2D eigenvalue weighted by Crippen LogP contribution is -2.46. The molecule has 0 fully saturated rings. The van der Waals surface area contributed by atoms with E-state index in [9.17, 15) is 9.59 Å². The van der Waals surface area contributed by atoms with Crippen molar-refractivity contribution in [2.75, 3.05) is 12.4 Å². The van der Waals surface area contributed by atoms with E-state index in [1.807, 2.05) is 30.3 Å². The van der Waals surface area contributed by atoms with Gasteiger partial charge in [-0.3, -0.25) is 9.59 Å². The molecule has 0 bridgehead atoms. The van der Waals surface area contributed by atoms with Crippen LogP contribution in [-0.4, -0.2) is 24.5 Å². The zero-order valence-electron chi connectivity index (χ0n) is 19.8. The standard InChI is InChI=1S/C29H22N2O6/c1-34-24-16-19(13-14-22(24)36-17-18-8-3-2-4-9-18)26-25(27(32)23-12-7-15-35-23)29(37-31-26)20-10-5-6-11-21(20)30-28(29)33/h2-16,25H,17H2,1H3,(H,30,33)/t25-,29-/m0/s1. The number of anilines is 1. The number of ketones is 1. The van der Waals surface area contributed by atoms with Gasteiger partial charge in [0.1, 0.15) is 18.2 Å². The van der Waals surface area contributed by atoms with Crippen LogP contribution in [0, 0.1) is 5.92 Å². The second-order valence-corrected chi connectivity index (χ2v) is 8.72. The summed E-state index contributed by atoms with van der Waals surface area (Å²) in [5.74, 6) is -0.888. The number of fused-ring (bicyclic) bond motifs is 2. The predicted octanol–water partition coefficient (Wildman–Crippen LogP) is 4.95. The highest BCUT2D eigenvalue weighted by molar-refractivity contribution is 6.24. The van der Waals surface area contributed by atoms with Crippen molar-refractivity contribution in [2.45, 2.75) is 12.2 Å². The molecule has 1 spiro atoms. The first kappa shape index (κ1) is 22.6. The van der Waals surface area contributed by atoms with Gasteiger partial charge in [0.25, 0.3) is 11.5 Å². The Morgan fingerprint density at radius 1 is 1.00 bits per heavy atom. The molecule has 184 valence electrons. The van der Waals surface area contributed by atoms with Crippen molar-refractivity contribution in [2.24, 2.45) is 11.1 Å². The number of nitrogens with zero attached hydrogens (tertiary/aromatic N) is 1. The topological polar surface area (TPSA) is 99.4 Å². The number of carbonyl (C=O) groups is 2. The van der Waals surface area contributed by atoms with Crippen molar-refractivity contribution in [3.8, 4) is 11.5 Å². The largest absolute Gasteiger partial charge is 0.493 e. The molecule has 3 aromatic carbocycles. The van der Waals surface area contributed by atoms with Crippen LogP contribution in [0.4, 0.5) is 5.69 Å². The van der Waals surface area contributed by atoms with Crippen LogP contribution in [0.2, 0.25) is 0 Å². The molecule has 0 saturated heterocycles. The maximum Gasteiger partial charge on any atom is 0.277 e. The summed E-state index contributed by atoms with van der Waals surface area (Å²) in [6.07, 6.45) is 1.41. The fraction of sp³-hybridized carbons (Fsp3) is 0.138. The Hall–Kier alpha value is -4.85. The Morgan fingerprint density at radius 3 is 2.59 bits per heavy atom. The van der Waals surface area contributed by atoms with E-state index in [4.69, 9.17) is 18.7 Å². The summed E-state index contributed by atoms with van der Waals surface area (Å²) in [6.45, 7) is 0.361. The van der Waals surface area contributed by atoms with Gasteiger partial charge >= 0.3 is 0 Å². The molecule has 0 saturated carbocycles. The Balaban J connectivity index is 1.39. The SMILES string of the molecule is COc1cc(C2=NO[C@]3(C(=O)Nc4ccccc43)[C@@H]2C(=O)c2ccco2)ccc1OCc1ccccc1. The van der Waals surface area contributed by atoms with Crippen LogP contribution >= 0.6 is 0 Å². The molecule has 2 aliphatic rings. The maximum absolute atomic E-state index is 13.8. The van der Waals surface area contributed by atoms with Crippen molar-refractivity contribution in [1.82, 2.24) is 0 Å². The summed E-state index contributed by atoms with van der Waals surface area (Å²) in [6, 6.07) is 25.3. The summed E-state index contributed by atoms with van der Waals surface area (Å²) in [5, 5.41) is 7.13. The van der Waals surface area contributed by atoms with Gasteiger partial charge in [-0.25, -0.2) is 0 Å². The molecule has 0 radical (unpaired) electrons. The van der Waals surface area contributed by atoms with Crippen LogP contribution in [0.5, 0.6) is 11.5 Å². The quantitative estimate of drug-likeness (QED) is 0.365. The number of ether oxygens (including phenoxy) is 2. The summed E-state index contributed by atoms with van der Waals surface area (Å²) in [5.41, 5.74) is 1.32. The number of rotatable bonds is 7. The first-order valence-corrected chi connectivity index (χ1v) is 11.7. The molecule has 0 unspecified atom stereocenters. The number of benzene rings is 3. The number of Topliss-reactive ketones (excluding diaryl/α,β-unsaturated/α-hetero) is 1. The van der Waals surface area contributed by atoms with Crippen LogP contribution in [0.1, 0.15) is 27.2 Å². The minimum absolute atomic E-state index is 0.106. The molecule has 8 heteroatoms. The van der Waals surface area contributed by atoms with Gasteiger partial charge in [-0.1, -0.05) is 53.7 Å². The van der Waals surface area contributed by atoms with Crippen molar-refractivity contribution in [1.29, 1.82) is 0 Å². The molecule has 4 aromatic rings. The molecule has 3 heterocycles. The van der Waals surface area contributed by atoms with Crippen LogP contribution in [0.3, 0.4) is 0 Å². The van der Waals surface area contributed by atoms with Crippen LogP contribution < -0.4 is 14.8 Å². The average Bonchev–Trinajstić information content (AvgIpc) is 3.67. The van der Waals surface area contributed by atoms with E-state index in [0.717, 1.165) is 5.56 Å². The lowest BCUT2D eigenvalue weighted by molar-refractivity contribution is -0.140. The smallest absolute Gasteiger partial charge is 0.277 e. The van der Waals surface area contributed by atoms with Crippen molar-refractivity contribution in [3.63, 3.8) is 0 Å². The zero-order chi connectivity index (χ0) is 25.4. The van der Waals surface area contributed by atoms with Gasteiger partial charge in [-0.05, 0) is 42.0 Å². The molecule has 2 aliphatic heterocycles. The number of para-hydroxylation sites is 1. The number of amides is 1. The number of nitrogens with one attached hydrogen (secondary N) is 1. The number of hydrogen-bond acceptors (Lipinski definition) is 7. The number of hydrogen-bond donors (Lipinski definition) is 1. The molecular formula is C29H22N2O6. The second kappa shape index (κ2) is 8.98. The second-order valence-electron chi connectivity index (χ2n) is 8.72. The minimum atomic E-state index is -1.66. The Labute approximate surface area is 212 Å². The Morgan fingerprint density at radius 2 is 1.81 bits per heavy atom. The monoisotopic (exact) mass is 494 g/mol. The lowest BCUT2D eigenvalue weighted by Gasteiger charge is -2.26. The fourth-order valence-corrected chi connectivity index (χ4v) is 4.82. The summed E-state index contributed by atoms with van der Waals surface area (Å²) in [7, 11) is 1.54. The van der Waals surface area contributed by atoms with E-state index in [1.165, 1.54) is 13.4 Å². The van der Waals surface area contributed by atoms with Gasteiger partial charge in [-0.2, -0.15) is 0 Å². The highest BCUT2D eigenvalue weighted by Crippen LogP contribution is 2.50. The normalized spacial score (nSPS) is 19.6. The molecular weight excluding hydrogens is 472 g/mol. The van der Waals surface area contributed by atoms with Crippen LogP contribution in [0.25, 0.3) is 0 Å². The lowest BCUT2D eigenvalue weighted by atomic mass is 9.75. The van der Waals surface area contributed by atoms with Crippen molar-refractivity contribution >= 4 is 23.1 Å². The van der Waals surface area contributed by atoms with Crippen molar-refractivity contribution < 1.29 is 28.3 Å². The van der Waals surface area contributed by atoms with Gasteiger partial charge < -0.3 is 24.0 Å². The third-order valence-electron chi connectivity index (χ3n) is 6.60. The molecule has 8 nitrogen and oxygen atoms in total. The number of carbonyl (C=O) groups excluding carboxylic acids is 2. The molecule has 37 heavy (non-hydrogen) atoms. The summed E-state index contributed by atoms with van der Waals surface area (Å²) in [4.78, 5) is 33.1.